The molecule has 0 aliphatic carbocycles. The van der Waals surface area contributed by atoms with Crippen LogP contribution in [0.2, 0.25) is 0 Å². The maximum atomic E-state index is 12.4. The Morgan fingerprint density at radius 3 is 2.76 bits per heavy atom. The Morgan fingerprint density at radius 2 is 2.03 bits per heavy atom. The molecular weight excluding hydrogens is 502 g/mol. The van der Waals surface area contributed by atoms with E-state index in [1.165, 1.54) is 11.3 Å². The number of imidazole rings is 1. The second-order valence-electron chi connectivity index (χ2n) is 10.5. The first-order valence-corrected chi connectivity index (χ1v) is 13.4. The van der Waals surface area contributed by atoms with Crippen molar-refractivity contribution >= 4 is 44.2 Å². The molecule has 0 bridgehead atoms. The van der Waals surface area contributed by atoms with Crippen molar-refractivity contribution < 1.29 is 14.1 Å². The van der Waals surface area contributed by atoms with E-state index >= 15 is 0 Å². The topological polar surface area (TPSA) is 119 Å². The molecule has 5 aromatic rings. The number of rotatable bonds is 6. The fourth-order valence-corrected chi connectivity index (χ4v) is 5.31. The van der Waals surface area contributed by atoms with Crippen LogP contribution < -0.4 is 20.7 Å². The molecule has 1 atom stereocenters. The van der Waals surface area contributed by atoms with Gasteiger partial charge in [0.15, 0.2) is 10.8 Å². The lowest BCUT2D eigenvalue weighted by Crippen LogP contribution is -2.19. The summed E-state index contributed by atoms with van der Waals surface area (Å²) in [5, 5.41) is 12.8. The Hall–Kier alpha value is -3.96. The number of nitrogens with one attached hydrogen (secondary N) is 3. The third kappa shape index (κ3) is 5.07. The van der Waals surface area contributed by atoms with Crippen molar-refractivity contribution in [2.45, 2.75) is 32.6 Å². The van der Waals surface area contributed by atoms with E-state index in [9.17, 15) is 4.79 Å². The number of thiazole rings is 1. The summed E-state index contributed by atoms with van der Waals surface area (Å²) >= 11 is 1.53. The highest BCUT2D eigenvalue weighted by atomic mass is 32.1. The van der Waals surface area contributed by atoms with Crippen LogP contribution in [-0.2, 0) is 5.41 Å². The molecule has 38 heavy (non-hydrogen) atoms. The van der Waals surface area contributed by atoms with Crippen LogP contribution in [0.1, 0.15) is 33.0 Å². The maximum Gasteiger partial charge on any atom is 0.324 e. The largest absolute Gasteiger partial charge is 0.477 e. The quantitative estimate of drug-likeness (QED) is 0.264. The molecule has 1 saturated heterocycles. The second-order valence-corrected chi connectivity index (χ2v) is 11.5. The molecule has 1 aromatic carbocycles. The molecule has 2 amide bonds. The minimum Gasteiger partial charge on any atom is -0.477 e. The lowest BCUT2D eigenvalue weighted by Gasteiger charge is -2.12. The number of pyridine rings is 1. The Kier molecular flexibility index (Phi) is 6.24. The number of benzene rings is 1. The molecule has 11 heteroatoms. The number of amides is 2. The number of carbonyl (C=O) groups excluding carboxylic acids is 1. The van der Waals surface area contributed by atoms with Gasteiger partial charge < -0.3 is 19.9 Å². The summed E-state index contributed by atoms with van der Waals surface area (Å²) in [6.07, 6.45) is 3.15. The Bertz CT molecular complexity index is 1590. The van der Waals surface area contributed by atoms with E-state index in [1.54, 1.807) is 6.07 Å². The van der Waals surface area contributed by atoms with Crippen molar-refractivity contribution in [3.05, 3.63) is 54.4 Å². The number of nitrogens with zero attached hydrogens (tertiary/aromatic N) is 4. The van der Waals surface area contributed by atoms with Crippen LogP contribution in [-0.4, -0.2) is 45.3 Å². The molecule has 0 spiro atoms. The number of urea groups is 1. The Labute approximate surface area is 223 Å². The molecular formula is C27H29N7O3S. The summed E-state index contributed by atoms with van der Waals surface area (Å²) in [6.45, 7) is 8.80. The van der Waals surface area contributed by atoms with E-state index < -0.39 is 6.03 Å². The van der Waals surface area contributed by atoms with Gasteiger partial charge in [-0.1, -0.05) is 49.4 Å². The fraction of sp³-hybridized carbons (Fsp3) is 0.333. The summed E-state index contributed by atoms with van der Waals surface area (Å²) in [5.41, 5.74) is 3.26. The first-order chi connectivity index (χ1) is 18.3. The minimum atomic E-state index is -0.392. The maximum absolute atomic E-state index is 12.4. The fourth-order valence-electron chi connectivity index (χ4n) is 4.34. The zero-order chi connectivity index (χ0) is 26.3. The van der Waals surface area contributed by atoms with Gasteiger partial charge in [0.05, 0.1) is 17.8 Å². The van der Waals surface area contributed by atoms with Gasteiger partial charge >= 0.3 is 6.03 Å². The standard InChI is InChI=1S/C27H29N7O3S/c1-27(2,3)21-12-22(33-37-21)31-25(35)29-18-6-4-17(5-7-18)19-14-34-20-8-9-23(32-24(20)38-26(34)30-19)36-15-16-10-11-28-13-16/h4-9,12,14,16,28H,10-11,13,15H2,1-3H3,(H2,29,31,33,35). The number of aromatic nitrogens is 4. The zero-order valence-corrected chi connectivity index (χ0v) is 22.3. The van der Waals surface area contributed by atoms with Crippen molar-refractivity contribution in [1.29, 1.82) is 0 Å². The van der Waals surface area contributed by atoms with E-state index in [2.05, 4.69) is 30.5 Å². The number of ether oxygens (including phenoxy) is 1. The number of hydrogen-bond acceptors (Lipinski definition) is 8. The van der Waals surface area contributed by atoms with Crippen LogP contribution in [0.4, 0.5) is 16.3 Å². The molecule has 1 unspecified atom stereocenters. The molecule has 6 rings (SSSR count). The van der Waals surface area contributed by atoms with Crippen LogP contribution in [0.3, 0.4) is 0 Å². The third-order valence-corrected chi connectivity index (χ3v) is 7.46. The molecule has 0 radical (unpaired) electrons. The molecule has 1 aliphatic heterocycles. The predicted molar refractivity (Wildman–Crippen MR) is 148 cm³/mol. The predicted octanol–water partition coefficient (Wildman–Crippen LogP) is 5.53. The van der Waals surface area contributed by atoms with Crippen molar-refractivity contribution in [2.75, 3.05) is 30.3 Å². The van der Waals surface area contributed by atoms with Crippen LogP contribution in [0, 0.1) is 5.92 Å². The molecule has 1 fully saturated rings. The summed E-state index contributed by atoms with van der Waals surface area (Å²) in [4.78, 5) is 23.7. The number of anilines is 2. The van der Waals surface area contributed by atoms with Gasteiger partial charge in [0.1, 0.15) is 10.6 Å². The number of fused-ring (bicyclic) bond motifs is 3. The lowest BCUT2D eigenvalue weighted by molar-refractivity contribution is 0.252. The van der Waals surface area contributed by atoms with Gasteiger partial charge in [0, 0.05) is 47.5 Å². The van der Waals surface area contributed by atoms with Crippen LogP contribution >= 0.6 is 11.3 Å². The van der Waals surface area contributed by atoms with E-state index in [4.69, 9.17) is 14.2 Å². The molecule has 1 aliphatic rings. The van der Waals surface area contributed by atoms with Crippen molar-refractivity contribution in [3.63, 3.8) is 0 Å². The summed E-state index contributed by atoms with van der Waals surface area (Å²) in [5.74, 6) is 2.27. The van der Waals surface area contributed by atoms with Crippen molar-refractivity contribution in [1.82, 2.24) is 24.8 Å². The zero-order valence-electron chi connectivity index (χ0n) is 21.4. The van der Waals surface area contributed by atoms with Gasteiger partial charge in [0.25, 0.3) is 0 Å². The lowest BCUT2D eigenvalue weighted by atomic mass is 9.93. The van der Waals surface area contributed by atoms with Gasteiger partial charge in [0.2, 0.25) is 5.88 Å². The van der Waals surface area contributed by atoms with Crippen molar-refractivity contribution in [3.8, 4) is 17.1 Å². The highest BCUT2D eigenvalue weighted by molar-refractivity contribution is 7.23. The van der Waals surface area contributed by atoms with Gasteiger partial charge in [-0.25, -0.2) is 14.8 Å². The Balaban J connectivity index is 1.11. The smallest absolute Gasteiger partial charge is 0.324 e. The summed E-state index contributed by atoms with van der Waals surface area (Å²) in [7, 11) is 0. The van der Waals surface area contributed by atoms with Gasteiger partial charge in [-0.15, -0.1) is 0 Å². The Morgan fingerprint density at radius 1 is 1.18 bits per heavy atom. The molecule has 3 N–H and O–H groups in total. The van der Waals surface area contributed by atoms with Crippen molar-refractivity contribution in [2.24, 2.45) is 5.92 Å². The average molecular weight is 532 g/mol. The van der Waals surface area contributed by atoms with Gasteiger partial charge in [-0.05, 0) is 31.2 Å². The first-order valence-electron chi connectivity index (χ1n) is 12.6. The van der Waals surface area contributed by atoms with E-state index in [1.807, 2.05) is 63.4 Å². The van der Waals surface area contributed by atoms with Gasteiger partial charge in [-0.2, -0.15) is 0 Å². The SMILES string of the molecule is CC(C)(C)c1cc(NC(=O)Nc2ccc(-c3cn4c(n3)sc3nc(OCC5CCNC5)ccc34)cc2)no1. The minimum absolute atomic E-state index is 0.187. The van der Waals surface area contributed by atoms with Crippen LogP contribution in [0.15, 0.2) is 53.2 Å². The highest BCUT2D eigenvalue weighted by Gasteiger charge is 2.20. The third-order valence-electron chi connectivity index (χ3n) is 6.49. The molecule has 196 valence electrons. The van der Waals surface area contributed by atoms with Crippen LogP contribution in [0.25, 0.3) is 26.6 Å². The molecule has 5 heterocycles. The molecule has 0 saturated carbocycles. The first kappa shape index (κ1) is 24.4. The average Bonchev–Trinajstić information content (AvgIpc) is 3.67. The summed E-state index contributed by atoms with van der Waals surface area (Å²) < 4.78 is 13.3. The van der Waals surface area contributed by atoms with E-state index in [-0.39, 0.29) is 5.41 Å². The van der Waals surface area contributed by atoms with E-state index in [0.717, 1.165) is 46.1 Å². The van der Waals surface area contributed by atoms with Crippen LogP contribution in [0.5, 0.6) is 5.88 Å². The summed E-state index contributed by atoms with van der Waals surface area (Å²) in [6, 6.07) is 12.8. The molecule has 10 nitrogen and oxygen atoms in total. The number of hydrogen-bond donors (Lipinski definition) is 3. The highest BCUT2D eigenvalue weighted by Crippen LogP contribution is 2.30. The number of carbonyl (C=O) groups is 1. The van der Waals surface area contributed by atoms with E-state index in [0.29, 0.717) is 35.7 Å². The normalized spacial score (nSPS) is 15.8. The van der Waals surface area contributed by atoms with Gasteiger partial charge in [-0.3, -0.25) is 9.72 Å². The molecule has 4 aromatic heterocycles. The monoisotopic (exact) mass is 531 g/mol. The second kappa shape index (κ2) is 9.73.